The van der Waals surface area contributed by atoms with E-state index in [1.54, 1.807) is 12.1 Å². The third-order valence-corrected chi connectivity index (χ3v) is 3.43. The van der Waals surface area contributed by atoms with E-state index in [2.05, 4.69) is 0 Å². The van der Waals surface area contributed by atoms with Crippen molar-refractivity contribution in [2.75, 3.05) is 25.7 Å². The highest BCUT2D eigenvalue weighted by molar-refractivity contribution is 6.05. The summed E-state index contributed by atoms with van der Waals surface area (Å²) in [7, 11) is 2.74. The Hall–Kier alpha value is -2.57. The van der Waals surface area contributed by atoms with E-state index < -0.39 is 17.8 Å². The quantitative estimate of drug-likeness (QED) is 0.806. The number of carbonyl (C=O) groups excluding carboxylic acids is 3. The maximum absolute atomic E-state index is 12.1. The van der Waals surface area contributed by atoms with Crippen molar-refractivity contribution in [2.24, 2.45) is 11.7 Å². The maximum Gasteiger partial charge on any atom is 0.339 e. The van der Waals surface area contributed by atoms with Gasteiger partial charge in [-0.2, -0.15) is 0 Å². The highest BCUT2D eigenvalue weighted by atomic mass is 16.5. The Morgan fingerprint density at radius 1 is 1.33 bits per heavy atom. The van der Waals surface area contributed by atoms with Crippen molar-refractivity contribution in [1.82, 2.24) is 0 Å². The molecule has 2 rings (SSSR count). The molecule has 1 heterocycles. The SMILES string of the molecule is COC(=O)c1ccc(OC)cc1N1CC(C(N)=O)CC1=O. The summed E-state index contributed by atoms with van der Waals surface area (Å²) in [5, 5.41) is 0. The molecule has 1 aromatic rings. The lowest BCUT2D eigenvalue weighted by atomic mass is 10.1. The summed E-state index contributed by atoms with van der Waals surface area (Å²) in [6.45, 7) is 0.144. The standard InChI is InChI=1S/C14H16N2O5/c1-20-9-3-4-10(14(19)21-2)11(6-9)16-7-8(13(15)18)5-12(16)17/h3-4,6,8H,5,7H2,1-2H3,(H2,15,18). The molecule has 112 valence electrons. The van der Waals surface area contributed by atoms with Crippen LogP contribution in [0.5, 0.6) is 5.75 Å². The van der Waals surface area contributed by atoms with Gasteiger partial charge in [0.05, 0.1) is 31.4 Å². The second-order valence-electron chi connectivity index (χ2n) is 4.68. The number of anilines is 1. The predicted octanol–water partition coefficient (Wildman–Crippen LogP) is 0.320. The van der Waals surface area contributed by atoms with Crippen LogP contribution in [-0.4, -0.2) is 38.5 Å². The summed E-state index contributed by atoms with van der Waals surface area (Å²) >= 11 is 0. The number of ether oxygens (including phenoxy) is 2. The minimum atomic E-state index is -0.567. The Labute approximate surface area is 121 Å². The summed E-state index contributed by atoms with van der Waals surface area (Å²) in [6.07, 6.45) is 0.0349. The molecule has 2 amide bonds. The monoisotopic (exact) mass is 292 g/mol. The number of benzene rings is 1. The van der Waals surface area contributed by atoms with Crippen molar-refractivity contribution < 1.29 is 23.9 Å². The second-order valence-corrected chi connectivity index (χ2v) is 4.68. The third kappa shape index (κ3) is 2.81. The van der Waals surface area contributed by atoms with Gasteiger partial charge >= 0.3 is 5.97 Å². The largest absolute Gasteiger partial charge is 0.497 e. The third-order valence-electron chi connectivity index (χ3n) is 3.43. The summed E-state index contributed by atoms with van der Waals surface area (Å²) in [5.41, 5.74) is 5.84. The van der Waals surface area contributed by atoms with Crippen molar-refractivity contribution in [3.05, 3.63) is 23.8 Å². The van der Waals surface area contributed by atoms with E-state index in [1.165, 1.54) is 25.2 Å². The zero-order chi connectivity index (χ0) is 15.6. The number of nitrogens with zero attached hydrogens (tertiary/aromatic N) is 1. The lowest BCUT2D eigenvalue weighted by Crippen LogP contribution is -2.29. The average molecular weight is 292 g/mol. The molecule has 1 atom stereocenters. The highest BCUT2D eigenvalue weighted by Crippen LogP contribution is 2.31. The predicted molar refractivity (Wildman–Crippen MR) is 74.0 cm³/mol. The zero-order valence-corrected chi connectivity index (χ0v) is 11.8. The number of nitrogens with two attached hydrogens (primary N) is 1. The highest BCUT2D eigenvalue weighted by Gasteiger charge is 2.35. The fourth-order valence-corrected chi connectivity index (χ4v) is 2.28. The van der Waals surface area contributed by atoms with Crippen LogP contribution in [0.15, 0.2) is 18.2 Å². The van der Waals surface area contributed by atoms with Crippen molar-refractivity contribution in [3.8, 4) is 5.75 Å². The molecule has 1 saturated heterocycles. The van der Waals surface area contributed by atoms with Gasteiger partial charge < -0.3 is 20.1 Å². The van der Waals surface area contributed by atoms with Crippen molar-refractivity contribution in [3.63, 3.8) is 0 Å². The summed E-state index contributed by atoms with van der Waals surface area (Å²) in [6, 6.07) is 4.68. The van der Waals surface area contributed by atoms with Crippen LogP contribution in [-0.2, 0) is 14.3 Å². The smallest absolute Gasteiger partial charge is 0.339 e. The molecule has 7 nitrogen and oxygen atoms in total. The Morgan fingerprint density at radius 3 is 2.57 bits per heavy atom. The van der Waals surface area contributed by atoms with Gasteiger partial charge in [-0.3, -0.25) is 9.59 Å². The molecule has 1 fully saturated rings. The van der Waals surface area contributed by atoms with Crippen molar-refractivity contribution in [1.29, 1.82) is 0 Å². The number of hydrogen-bond acceptors (Lipinski definition) is 5. The molecule has 1 aliphatic heterocycles. The summed E-state index contributed by atoms with van der Waals surface area (Å²) in [5.74, 6) is -1.43. The molecule has 0 aliphatic carbocycles. The van der Waals surface area contributed by atoms with Crippen LogP contribution in [0.3, 0.4) is 0 Å². The van der Waals surface area contributed by atoms with Crippen LogP contribution in [0.25, 0.3) is 0 Å². The normalized spacial score (nSPS) is 17.7. The maximum atomic E-state index is 12.1. The molecule has 0 aromatic heterocycles. The van der Waals surface area contributed by atoms with Crippen LogP contribution >= 0.6 is 0 Å². The van der Waals surface area contributed by atoms with Crippen LogP contribution in [0, 0.1) is 5.92 Å². The summed E-state index contributed by atoms with van der Waals surface area (Å²) in [4.78, 5) is 36.5. The summed E-state index contributed by atoms with van der Waals surface area (Å²) < 4.78 is 9.82. The molecular weight excluding hydrogens is 276 g/mol. The molecule has 21 heavy (non-hydrogen) atoms. The van der Waals surface area contributed by atoms with Crippen molar-refractivity contribution >= 4 is 23.5 Å². The van der Waals surface area contributed by atoms with Gasteiger partial charge in [-0.05, 0) is 12.1 Å². The van der Waals surface area contributed by atoms with Gasteiger partial charge in [-0.1, -0.05) is 0 Å². The lowest BCUT2D eigenvalue weighted by molar-refractivity contribution is -0.123. The number of rotatable bonds is 4. The molecule has 1 aliphatic rings. The van der Waals surface area contributed by atoms with E-state index in [1.807, 2.05) is 0 Å². The fourth-order valence-electron chi connectivity index (χ4n) is 2.28. The molecule has 1 aromatic carbocycles. The van der Waals surface area contributed by atoms with Gasteiger partial charge in [0.25, 0.3) is 0 Å². The van der Waals surface area contributed by atoms with Crippen LogP contribution in [0.2, 0.25) is 0 Å². The fraction of sp³-hybridized carbons (Fsp3) is 0.357. The number of methoxy groups -OCH3 is 2. The van der Waals surface area contributed by atoms with E-state index in [0.29, 0.717) is 11.4 Å². The van der Waals surface area contributed by atoms with E-state index in [4.69, 9.17) is 15.2 Å². The van der Waals surface area contributed by atoms with Crippen LogP contribution in [0.4, 0.5) is 5.69 Å². The van der Waals surface area contributed by atoms with Gasteiger partial charge in [0.1, 0.15) is 5.75 Å². The van der Waals surface area contributed by atoms with E-state index >= 15 is 0 Å². The van der Waals surface area contributed by atoms with Gasteiger partial charge in [0.2, 0.25) is 11.8 Å². The molecular formula is C14H16N2O5. The van der Waals surface area contributed by atoms with Gasteiger partial charge in [-0.25, -0.2) is 4.79 Å². The molecule has 7 heteroatoms. The van der Waals surface area contributed by atoms with E-state index in [0.717, 1.165) is 0 Å². The minimum absolute atomic E-state index is 0.0349. The first-order valence-electron chi connectivity index (χ1n) is 6.34. The van der Waals surface area contributed by atoms with Crippen LogP contribution in [0.1, 0.15) is 16.8 Å². The van der Waals surface area contributed by atoms with Crippen molar-refractivity contribution in [2.45, 2.75) is 6.42 Å². The lowest BCUT2D eigenvalue weighted by Gasteiger charge is -2.20. The molecule has 2 N–H and O–H groups in total. The molecule has 0 bridgehead atoms. The molecule has 0 radical (unpaired) electrons. The van der Waals surface area contributed by atoms with Crippen LogP contribution < -0.4 is 15.4 Å². The van der Waals surface area contributed by atoms with E-state index in [-0.39, 0.29) is 24.4 Å². The number of hydrogen-bond donors (Lipinski definition) is 1. The van der Waals surface area contributed by atoms with E-state index in [9.17, 15) is 14.4 Å². The number of esters is 1. The number of primary amides is 1. The van der Waals surface area contributed by atoms with Gasteiger partial charge in [0.15, 0.2) is 0 Å². The second kappa shape index (κ2) is 5.82. The van der Waals surface area contributed by atoms with Gasteiger partial charge in [-0.15, -0.1) is 0 Å². The molecule has 0 saturated carbocycles. The van der Waals surface area contributed by atoms with Gasteiger partial charge in [0, 0.05) is 19.0 Å². The Morgan fingerprint density at radius 2 is 2.05 bits per heavy atom. The first kappa shape index (κ1) is 14.8. The minimum Gasteiger partial charge on any atom is -0.497 e. The molecule has 0 spiro atoms. The topological polar surface area (TPSA) is 98.9 Å². The number of amides is 2. The molecule has 1 unspecified atom stereocenters. The first-order valence-corrected chi connectivity index (χ1v) is 6.34. The first-order chi connectivity index (χ1) is 9.97. The zero-order valence-electron chi connectivity index (χ0n) is 11.8. The average Bonchev–Trinajstić information content (AvgIpc) is 2.88. The Balaban J connectivity index is 2.43. The Kier molecular flexibility index (Phi) is 4.11. The number of carbonyl (C=O) groups is 3. The Bertz CT molecular complexity index is 599.